The SMILES string of the molecule is O=C(Cc1ccc(Cl)cc1)N1CCN(C(=O)Nc2ccccc2)CC1. The summed E-state index contributed by atoms with van der Waals surface area (Å²) in [5, 5.41) is 3.53. The lowest BCUT2D eigenvalue weighted by atomic mass is 10.1. The first-order valence-electron chi connectivity index (χ1n) is 8.25. The number of piperazine rings is 1. The van der Waals surface area contributed by atoms with E-state index in [-0.39, 0.29) is 11.9 Å². The van der Waals surface area contributed by atoms with Crippen molar-refractivity contribution in [2.24, 2.45) is 0 Å². The molecule has 1 saturated heterocycles. The second-order valence-corrected chi connectivity index (χ2v) is 6.40. The molecule has 0 saturated carbocycles. The number of carbonyl (C=O) groups excluding carboxylic acids is 2. The Bertz CT molecular complexity index is 726. The van der Waals surface area contributed by atoms with Gasteiger partial charge in [-0.05, 0) is 29.8 Å². The van der Waals surface area contributed by atoms with Gasteiger partial charge in [0.1, 0.15) is 0 Å². The number of halogens is 1. The number of anilines is 1. The first-order chi connectivity index (χ1) is 12.1. The van der Waals surface area contributed by atoms with Crippen molar-refractivity contribution >= 4 is 29.2 Å². The molecule has 5 nitrogen and oxygen atoms in total. The zero-order valence-corrected chi connectivity index (χ0v) is 14.6. The van der Waals surface area contributed by atoms with Crippen LogP contribution < -0.4 is 5.32 Å². The molecule has 2 aromatic carbocycles. The van der Waals surface area contributed by atoms with Crippen molar-refractivity contribution < 1.29 is 9.59 Å². The fourth-order valence-electron chi connectivity index (χ4n) is 2.77. The molecule has 25 heavy (non-hydrogen) atoms. The summed E-state index contributed by atoms with van der Waals surface area (Å²) in [4.78, 5) is 28.2. The maximum Gasteiger partial charge on any atom is 0.321 e. The molecule has 1 N–H and O–H groups in total. The van der Waals surface area contributed by atoms with E-state index in [1.54, 1.807) is 21.9 Å². The Morgan fingerprint density at radius 3 is 2.12 bits per heavy atom. The van der Waals surface area contributed by atoms with Gasteiger partial charge in [-0.2, -0.15) is 0 Å². The average molecular weight is 358 g/mol. The molecule has 0 aromatic heterocycles. The largest absolute Gasteiger partial charge is 0.339 e. The Hall–Kier alpha value is -2.53. The summed E-state index contributed by atoms with van der Waals surface area (Å²) in [7, 11) is 0. The third-order valence-electron chi connectivity index (χ3n) is 4.21. The third-order valence-corrected chi connectivity index (χ3v) is 4.47. The van der Waals surface area contributed by atoms with Gasteiger partial charge in [-0.3, -0.25) is 4.79 Å². The van der Waals surface area contributed by atoms with E-state index >= 15 is 0 Å². The number of benzene rings is 2. The number of rotatable bonds is 3. The maximum absolute atomic E-state index is 12.4. The standard InChI is InChI=1S/C19H20ClN3O2/c20-16-8-6-15(7-9-16)14-18(24)22-10-12-23(13-11-22)19(25)21-17-4-2-1-3-5-17/h1-9H,10-14H2,(H,21,25). The van der Waals surface area contributed by atoms with Crippen LogP contribution in [0.1, 0.15) is 5.56 Å². The zero-order chi connectivity index (χ0) is 17.6. The molecule has 1 heterocycles. The van der Waals surface area contributed by atoms with Crippen LogP contribution in [0.25, 0.3) is 0 Å². The maximum atomic E-state index is 12.4. The highest BCUT2D eigenvalue weighted by atomic mass is 35.5. The predicted molar refractivity (Wildman–Crippen MR) is 98.8 cm³/mol. The van der Waals surface area contributed by atoms with Crippen LogP contribution >= 0.6 is 11.6 Å². The molecule has 6 heteroatoms. The third kappa shape index (κ3) is 4.73. The molecule has 3 amide bonds. The van der Waals surface area contributed by atoms with E-state index in [1.807, 2.05) is 42.5 Å². The van der Waals surface area contributed by atoms with Crippen LogP contribution in [0.15, 0.2) is 54.6 Å². The molecule has 0 spiro atoms. The van der Waals surface area contributed by atoms with Crippen molar-refractivity contribution in [1.29, 1.82) is 0 Å². The Labute approximate surface area is 152 Å². The van der Waals surface area contributed by atoms with Crippen molar-refractivity contribution in [3.63, 3.8) is 0 Å². The number of hydrogen-bond acceptors (Lipinski definition) is 2. The molecule has 0 radical (unpaired) electrons. The molecule has 2 aromatic rings. The monoisotopic (exact) mass is 357 g/mol. The van der Waals surface area contributed by atoms with Gasteiger partial charge < -0.3 is 15.1 Å². The number of hydrogen-bond donors (Lipinski definition) is 1. The van der Waals surface area contributed by atoms with Crippen molar-refractivity contribution in [3.8, 4) is 0 Å². The topological polar surface area (TPSA) is 52.7 Å². The summed E-state index contributed by atoms with van der Waals surface area (Å²) < 4.78 is 0. The number of amides is 3. The summed E-state index contributed by atoms with van der Waals surface area (Å²) in [6.07, 6.45) is 0.355. The fourth-order valence-corrected chi connectivity index (χ4v) is 2.90. The fraction of sp³-hybridized carbons (Fsp3) is 0.263. The van der Waals surface area contributed by atoms with Crippen LogP contribution in [0.2, 0.25) is 5.02 Å². The summed E-state index contributed by atoms with van der Waals surface area (Å²) in [6.45, 7) is 2.17. The molecular weight excluding hydrogens is 338 g/mol. The van der Waals surface area contributed by atoms with Crippen LogP contribution in [-0.2, 0) is 11.2 Å². The molecule has 0 bridgehead atoms. The molecule has 3 rings (SSSR count). The summed E-state index contributed by atoms with van der Waals surface area (Å²) in [6, 6.07) is 16.5. The smallest absolute Gasteiger partial charge is 0.321 e. The Kier molecular flexibility index (Phi) is 5.56. The average Bonchev–Trinajstić information content (AvgIpc) is 2.64. The number of nitrogens with zero attached hydrogens (tertiary/aromatic N) is 2. The summed E-state index contributed by atoms with van der Waals surface area (Å²) in [5.41, 5.74) is 1.72. The van der Waals surface area contributed by atoms with Crippen LogP contribution in [0.4, 0.5) is 10.5 Å². The van der Waals surface area contributed by atoms with E-state index in [4.69, 9.17) is 11.6 Å². The molecule has 0 unspecified atom stereocenters. The van der Waals surface area contributed by atoms with Gasteiger partial charge >= 0.3 is 6.03 Å². The molecule has 1 aliphatic rings. The van der Waals surface area contributed by atoms with Gasteiger partial charge in [-0.15, -0.1) is 0 Å². The van der Waals surface area contributed by atoms with E-state index in [9.17, 15) is 9.59 Å². The molecule has 1 fully saturated rings. The number of para-hydroxylation sites is 1. The highest BCUT2D eigenvalue weighted by Crippen LogP contribution is 2.13. The minimum atomic E-state index is -0.129. The van der Waals surface area contributed by atoms with Gasteiger partial charge in [0, 0.05) is 36.9 Å². The normalized spacial score (nSPS) is 14.3. The van der Waals surface area contributed by atoms with Crippen molar-refractivity contribution in [3.05, 3.63) is 65.2 Å². The van der Waals surface area contributed by atoms with Gasteiger partial charge in [0.25, 0.3) is 0 Å². The minimum Gasteiger partial charge on any atom is -0.339 e. The highest BCUT2D eigenvalue weighted by molar-refractivity contribution is 6.30. The number of urea groups is 1. The van der Waals surface area contributed by atoms with E-state index in [0.717, 1.165) is 11.3 Å². The molecular formula is C19H20ClN3O2. The summed E-state index contributed by atoms with van der Waals surface area (Å²) >= 11 is 5.86. The lowest BCUT2D eigenvalue weighted by Gasteiger charge is -2.34. The number of carbonyl (C=O) groups is 2. The number of nitrogens with one attached hydrogen (secondary N) is 1. The predicted octanol–water partition coefficient (Wildman–Crippen LogP) is 3.26. The first-order valence-corrected chi connectivity index (χ1v) is 8.63. The Balaban J connectivity index is 1.48. The first kappa shape index (κ1) is 17.3. The van der Waals surface area contributed by atoms with Crippen molar-refractivity contribution in [2.75, 3.05) is 31.5 Å². The van der Waals surface area contributed by atoms with E-state index in [0.29, 0.717) is 37.6 Å². The Morgan fingerprint density at radius 1 is 0.880 bits per heavy atom. The zero-order valence-electron chi connectivity index (χ0n) is 13.8. The molecule has 0 atom stereocenters. The van der Waals surface area contributed by atoms with E-state index in [2.05, 4.69) is 5.32 Å². The minimum absolute atomic E-state index is 0.0745. The molecule has 130 valence electrons. The lowest BCUT2D eigenvalue weighted by Crippen LogP contribution is -2.52. The van der Waals surface area contributed by atoms with Gasteiger partial charge in [0.05, 0.1) is 6.42 Å². The molecule has 0 aliphatic carbocycles. The Morgan fingerprint density at radius 2 is 1.48 bits per heavy atom. The second kappa shape index (κ2) is 8.03. The second-order valence-electron chi connectivity index (χ2n) is 5.97. The van der Waals surface area contributed by atoms with Crippen LogP contribution in [0.5, 0.6) is 0 Å². The quantitative estimate of drug-likeness (QED) is 0.916. The van der Waals surface area contributed by atoms with Gasteiger partial charge in [0.15, 0.2) is 0 Å². The van der Waals surface area contributed by atoms with Crippen molar-refractivity contribution in [1.82, 2.24) is 9.80 Å². The van der Waals surface area contributed by atoms with E-state index < -0.39 is 0 Å². The van der Waals surface area contributed by atoms with E-state index in [1.165, 1.54) is 0 Å². The van der Waals surface area contributed by atoms with Gasteiger partial charge in [0.2, 0.25) is 5.91 Å². The van der Waals surface area contributed by atoms with Crippen LogP contribution in [0, 0.1) is 0 Å². The lowest BCUT2D eigenvalue weighted by molar-refractivity contribution is -0.131. The highest BCUT2D eigenvalue weighted by Gasteiger charge is 2.24. The summed E-state index contributed by atoms with van der Waals surface area (Å²) in [5.74, 6) is 0.0745. The van der Waals surface area contributed by atoms with Gasteiger partial charge in [-0.1, -0.05) is 41.9 Å². The van der Waals surface area contributed by atoms with Crippen molar-refractivity contribution in [2.45, 2.75) is 6.42 Å². The molecule has 1 aliphatic heterocycles. The van der Waals surface area contributed by atoms with Crippen LogP contribution in [-0.4, -0.2) is 47.9 Å². The van der Waals surface area contributed by atoms with Gasteiger partial charge in [-0.25, -0.2) is 4.79 Å². The van der Waals surface area contributed by atoms with Crippen LogP contribution in [0.3, 0.4) is 0 Å².